The van der Waals surface area contributed by atoms with Gasteiger partial charge in [-0.05, 0) is 164 Å². The number of aryl methyl sites for hydroxylation is 1. The van der Waals surface area contributed by atoms with Gasteiger partial charge < -0.3 is 25.2 Å². The van der Waals surface area contributed by atoms with Crippen LogP contribution in [0.15, 0.2) is 104 Å². The summed E-state index contributed by atoms with van der Waals surface area (Å²) in [6.45, 7) is 6.04. The number of rotatable bonds is 16. The second-order valence-electron chi connectivity index (χ2n) is 17.7. The number of aromatic nitrogens is 2. The minimum atomic E-state index is -1.11. The monoisotopic (exact) mass is 840 g/mol. The number of benzene rings is 3. The minimum Gasteiger partial charge on any atom is -0.494 e. The van der Waals surface area contributed by atoms with Crippen LogP contribution in [0, 0.1) is 11.8 Å². The Kier molecular flexibility index (Phi) is 13.0. The number of nitrogens with one attached hydrogen (secondary N) is 2. The number of carbonyl (C=O) groups is 2. The van der Waals surface area contributed by atoms with Crippen LogP contribution < -0.4 is 20.1 Å². The zero-order chi connectivity index (χ0) is 42.4. The van der Waals surface area contributed by atoms with E-state index in [2.05, 4.69) is 58.7 Å². The third-order valence-corrected chi connectivity index (χ3v) is 13.7. The van der Waals surface area contributed by atoms with E-state index in [-0.39, 0.29) is 17.2 Å². The van der Waals surface area contributed by atoms with Crippen LogP contribution in [0.4, 0.5) is 5.69 Å². The highest BCUT2D eigenvalue weighted by atomic mass is 35.5. The summed E-state index contributed by atoms with van der Waals surface area (Å²) < 4.78 is 12.9. The predicted octanol–water partition coefficient (Wildman–Crippen LogP) is 10.7. The highest BCUT2D eigenvalue weighted by Gasteiger charge is 2.54. The summed E-state index contributed by atoms with van der Waals surface area (Å²) in [7, 11) is 0. The van der Waals surface area contributed by atoms with Crippen LogP contribution in [-0.2, 0) is 34.4 Å². The summed E-state index contributed by atoms with van der Waals surface area (Å²) >= 11 is 6.32. The quantitative estimate of drug-likeness (QED) is 0.0840. The van der Waals surface area contributed by atoms with E-state index in [1.807, 2.05) is 60.9 Å². The molecule has 1 saturated carbocycles. The van der Waals surface area contributed by atoms with Crippen molar-refractivity contribution >= 4 is 29.2 Å². The maximum absolute atomic E-state index is 13.1. The van der Waals surface area contributed by atoms with Crippen molar-refractivity contribution in [3.05, 3.63) is 136 Å². The van der Waals surface area contributed by atoms with Crippen LogP contribution in [0.2, 0.25) is 5.02 Å². The number of carbonyl (C=O) groups excluding carboxylic acids is 1. The summed E-state index contributed by atoms with van der Waals surface area (Å²) in [5.74, 6) is 1.93. The van der Waals surface area contributed by atoms with Gasteiger partial charge in [0, 0.05) is 53.5 Å². The summed E-state index contributed by atoms with van der Waals surface area (Å²) in [5, 5.41) is 17.7. The number of ether oxygens (including phenoxy) is 2. The van der Waals surface area contributed by atoms with E-state index in [4.69, 9.17) is 21.1 Å². The highest BCUT2D eigenvalue weighted by molar-refractivity contribution is 6.30. The van der Waals surface area contributed by atoms with Gasteiger partial charge in [-0.15, -0.1) is 0 Å². The Bertz CT molecular complexity index is 2330. The van der Waals surface area contributed by atoms with Gasteiger partial charge in [-0.3, -0.25) is 14.8 Å². The number of pyridine rings is 2. The maximum atomic E-state index is 13.1. The van der Waals surface area contributed by atoms with Gasteiger partial charge in [0.1, 0.15) is 17.0 Å². The van der Waals surface area contributed by atoms with Crippen molar-refractivity contribution < 1.29 is 24.2 Å². The molecule has 1 amide bonds. The lowest BCUT2D eigenvalue weighted by Crippen LogP contribution is -2.53. The van der Waals surface area contributed by atoms with Crippen LogP contribution in [0.3, 0.4) is 0 Å². The molecule has 0 radical (unpaired) electrons. The molecule has 3 N–H and O–H groups in total. The average Bonchev–Trinajstić information content (AvgIpc) is 3.55. The molecule has 0 unspecified atom stereocenters. The van der Waals surface area contributed by atoms with Crippen molar-refractivity contribution in [2.75, 3.05) is 18.5 Å². The molecule has 3 atom stereocenters. The van der Waals surface area contributed by atoms with E-state index in [0.717, 1.165) is 73.1 Å². The maximum Gasteiger partial charge on any atom is 0.329 e. The summed E-state index contributed by atoms with van der Waals surface area (Å²) in [5.41, 5.74) is 7.55. The van der Waals surface area contributed by atoms with Crippen LogP contribution >= 0.6 is 11.6 Å². The second kappa shape index (κ2) is 18.7. The van der Waals surface area contributed by atoms with Crippen LogP contribution in [0.25, 0.3) is 11.1 Å². The van der Waals surface area contributed by atoms with Gasteiger partial charge in [-0.2, -0.15) is 0 Å². The molecule has 8 rings (SSSR count). The van der Waals surface area contributed by atoms with Gasteiger partial charge >= 0.3 is 5.97 Å². The first-order valence-corrected chi connectivity index (χ1v) is 22.4. The van der Waals surface area contributed by atoms with Crippen LogP contribution in [0.5, 0.6) is 11.5 Å². The molecule has 9 nitrogen and oxygen atoms in total. The minimum absolute atomic E-state index is 0.0157. The van der Waals surface area contributed by atoms with Gasteiger partial charge in [-0.1, -0.05) is 61.8 Å². The van der Waals surface area contributed by atoms with E-state index in [1.54, 1.807) is 18.3 Å². The Balaban J connectivity index is 0.931. The average molecular weight is 841 g/mol. The molecule has 318 valence electrons. The fourth-order valence-electron chi connectivity index (χ4n) is 10.3. The second-order valence-corrected chi connectivity index (χ2v) is 18.1. The van der Waals surface area contributed by atoms with E-state index in [0.29, 0.717) is 68.0 Å². The number of carboxylic acids is 1. The predicted molar refractivity (Wildman–Crippen MR) is 240 cm³/mol. The largest absolute Gasteiger partial charge is 0.494 e. The smallest absolute Gasteiger partial charge is 0.329 e. The first kappa shape index (κ1) is 42.3. The standard InChI is InChI=1S/C51H57ClN4O5/c1-34(33-61-46-18-24-54-45-14-3-8-35(2)48(45)46)26-40-28-38-16-17-43(60-25-7-15-47(57)55-31-36-9-4-10-37(27-36)39-11-6-23-53-32-39)30-44(38)50(40)19-21-51(22-20-50,49(58)59)56-42-13-5-12-41(52)29-42/h4-6,9-13,16-18,23-24,27,29-30,32,34-35,40,56H,3,7-8,14-15,19-22,25-26,28,31,33H2,1-2H3,(H,55,57)(H,58,59)/t34-,35-,40+,50?,51?/m1/s1. The molecule has 5 aromatic rings. The van der Waals surface area contributed by atoms with Crippen molar-refractivity contribution in [3.63, 3.8) is 0 Å². The highest BCUT2D eigenvalue weighted by Crippen LogP contribution is 2.57. The molecular formula is C51H57ClN4O5. The van der Waals surface area contributed by atoms with E-state index in [1.165, 1.54) is 22.4 Å². The summed E-state index contributed by atoms with van der Waals surface area (Å²) in [6.07, 6.45) is 14.0. The van der Waals surface area contributed by atoms with Crippen LogP contribution in [0.1, 0.15) is 106 Å². The number of hydrogen-bond donors (Lipinski definition) is 3. The molecule has 10 heteroatoms. The van der Waals surface area contributed by atoms with Crippen molar-refractivity contribution in [1.29, 1.82) is 0 Å². The lowest BCUT2D eigenvalue weighted by atomic mass is 9.59. The fraction of sp³-hybridized carbons (Fsp3) is 0.412. The fourth-order valence-corrected chi connectivity index (χ4v) is 10.5. The number of amides is 1. The lowest BCUT2D eigenvalue weighted by molar-refractivity contribution is -0.144. The Morgan fingerprint density at radius 2 is 1.79 bits per heavy atom. The number of carboxylic acid groups (broad SMARTS) is 1. The van der Waals surface area contributed by atoms with E-state index < -0.39 is 11.5 Å². The van der Waals surface area contributed by atoms with E-state index >= 15 is 0 Å². The number of anilines is 1. The Morgan fingerprint density at radius 1 is 0.951 bits per heavy atom. The van der Waals surface area contributed by atoms with Gasteiger partial charge in [0.05, 0.1) is 13.2 Å². The zero-order valence-corrected chi connectivity index (χ0v) is 36.1. The SMILES string of the molecule is C[C@@H](COc1ccnc2c1[C@H](C)CCC2)C[C@H]1Cc2ccc(OCCCC(=O)NCc3cccc(-c4cccnc4)c3)cc2C12CCC(Nc1cccc(Cl)c1)(C(=O)O)CC2. The molecule has 0 saturated heterocycles. The molecule has 61 heavy (non-hydrogen) atoms. The molecule has 2 aromatic heterocycles. The first-order valence-electron chi connectivity index (χ1n) is 22.0. The molecule has 3 aliphatic carbocycles. The normalized spacial score (nSPS) is 22.1. The van der Waals surface area contributed by atoms with Crippen molar-refractivity contribution in [3.8, 4) is 22.6 Å². The third-order valence-electron chi connectivity index (χ3n) is 13.5. The third kappa shape index (κ3) is 9.57. The molecule has 2 heterocycles. The number of nitrogens with zero attached hydrogens (tertiary/aromatic N) is 2. The molecule has 1 spiro atoms. The molecule has 1 fully saturated rings. The van der Waals surface area contributed by atoms with Crippen molar-refractivity contribution in [2.45, 2.75) is 108 Å². The number of hydrogen-bond acceptors (Lipinski definition) is 7. The van der Waals surface area contributed by atoms with Crippen molar-refractivity contribution in [2.24, 2.45) is 11.8 Å². The van der Waals surface area contributed by atoms with Crippen molar-refractivity contribution in [1.82, 2.24) is 15.3 Å². The molecule has 3 aromatic carbocycles. The summed E-state index contributed by atoms with van der Waals surface area (Å²) in [6, 6.07) is 27.9. The molecular weight excluding hydrogens is 784 g/mol. The number of fused-ring (bicyclic) bond motifs is 3. The van der Waals surface area contributed by atoms with Crippen LogP contribution in [-0.4, -0.2) is 45.7 Å². The first-order chi connectivity index (χ1) is 29.6. The van der Waals surface area contributed by atoms with E-state index in [9.17, 15) is 14.7 Å². The zero-order valence-electron chi connectivity index (χ0n) is 35.3. The Labute approximate surface area is 364 Å². The van der Waals surface area contributed by atoms with Gasteiger partial charge in [-0.25, -0.2) is 4.79 Å². The summed E-state index contributed by atoms with van der Waals surface area (Å²) in [4.78, 5) is 34.8. The molecule has 0 aliphatic heterocycles. The van der Waals surface area contributed by atoms with Gasteiger partial charge in [0.25, 0.3) is 0 Å². The number of aliphatic carboxylic acids is 1. The topological polar surface area (TPSA) is 123 Å². The van der Waals surface area contributed by atoms with Gasteiger partial charge in [0.15, 0.2) is 0 Å². The Morgan fingerprint density at radius 3 is 2.59 bits per heavy atom. The number of halogens is 1. The molecule has 0 bridgehead atoms. The lowest BCUT2D eigenvalue weighted by Gasteiger charge is -2.47. The van der Waals surface area contributed by atoms with Gasteiger partial charge in [0.2, 0.25) is 5.91 Å². The molecule has 3 aliphatic rings. The Hall–Kier alpha value is -5.41.